The average molecular weight is 201 g/mol. The molecule has 1 N–H and O–H groups in total. The minimum absolute atomic E-state index is 0.0583. The molecule has 1 aliphatic rings. The van der Waals surface area contributed by atoms with Crippen molar-refractivity contribution < 1.29 is 14.4 Å². The predicted molar refractivity (Wildman–Crippen MR) is 49.3 cm³/mol. The standard InChI is InChI=1S/C8H11NO3S/c1-5(10)3-9-8(12)6-2-7(11)13-4-6/h6H,2-4H2,1H3,(H,9,12)/t6-/m1/s1. The summed E-state index contributed by atoms with van der Waals surface area (Å²) in [6.07, 6.45) is 0.300. The van der Waals surface area contributed by atoms with Crippen LogP contribution in [0, 0.1) is 5.92 Å². The topological polar surface area (TPSA) is 63.2 Å². The maximum atomic E-state index is 11.3. The molecular weight excluding hydrogens is 190 g/mol. The van der Waals surface area contributed by atoms with Gasteiger partial charge >= 0.3 is 0 Å². The van der Waals surface area contributed by atoms with Crippen LogP contribution in [0.25, 0.3) is 0 Å². The molecule has 0 aliphatic carbocycles. The van der Waals surface area contributed by atoms with Crippen LogP contribution >= 0.6 is 11.8 Å². The van der Waals surface area contributed by atoms with Crippen LogP contribution in [0.3, 0.4) is 0 Å². The monoisotopic (exact) mass is 201 g/mol. The van der Waals surface area contributed by atoms with Crippen LogP contribution in [0.4, 0.5) is 0 Å². The first-order valence-electron chi connectivity index (χ1n) is 4.02. The Morgan fingerprint density at radius 2 is 2.31 bits per heavy atom. The molecule has 1 amide bonds. The lowest BCUT2D eigenvalue weighted by atomic mass is 10.1. The Morgan fingerprint density at radius 1 is 1.62 bits per heavy atom. The van der Waals surface area contributed by atoms with E-state index in [9.17, 15) is 14.4 Å². The average Bonchev–Trinajstić information content (AvgIpc) is 2.47. The molecule has 0 bridgehead atoms. The molecule has 0 radical (unpaired) electrons. The summed E-state index contributed by atoms with van der Waals surface area (Å²) in [5.41, 5.74) is 0. The first-order valence-corrected chi connectivity index (χ1v) is 5.01. The normalized spacial score (nSPS) is 21.6. The molecule has 72 valence electrons. The summed E-state index contributed by atoms with van der Waals surface area (Å²) < 4.78 is 0. The van der Waals surface area contributed by atoms with Crippen LogP contribution < -0.4 is 5.32 Å². The van der Waals surface area contributed by atoms with E-state index in [1.165, 1.54) is 18.7 Å². The van der Waals surface area contributed by atoms with Gasteiger partial charge in [0.2, 0.25) is 5.91 Å². The second-order valence-corrected chi connectivity index (χ2v) is 4.08. The highest BCUT2D eigenvalue weighted by molar-refractivity contribution is 8.14. The van der Waals surface area contributed by atoms with Crippen LogP contribution in [0.5, 0.6) is 0 Å². The van der Waals surface area contributed by atoms with Gasteiger partial charge in [-0.15, -0.1) is 0 Å². The van der Waals surface area contributed by atoms with Gasteiger partial charge in [-0.25, -0.2) is 0 Å². The fourth-order valence-corrected chi connectivity index (χ4v) is 2.01. The third-order valence-electron chi connectivity index (χ3n) is 1.74. The summed E-state index contributed by atoms with van der Waals surface area (Å²) in [6.45, 7) is 1.48. The Labute approximate surface area is 80.4 Å². The molecule has 1 saturated heterocycles. The number of amides is 1. The highest BCUT2D eigenvalue weighted by Gasteiger charge is 2.28. The molecule has 1 fully saturated rings. The Kier molecular flexibility index (Phi) is 3.48. The van der Waals surface area contributed by atoms with Crippen LogP contribution in [0.2, 0.25) is 0 Å². The number of Topliss-reactive ketones (excluding diaryl/α,β-unsaturated/α-hetero) is 1. The first-order chi connectivity index (χ1) is 6.09. The summed E-state index contributed by atoms with van der Waals surface area (Å²) in [6, 6.07) is 0. The molecule has 13 heavy (non-hydrogen) atoms. The van der Waals surface area contributed by atoms with Gasteiger partial charge in [0.25, 0.3) is 0 Å². The number of hydrogen-bond donors (Lipinski definition) is 1. The van der Waals surface area contributed by atoms with Gasteiger partial charge < -0.3 is 5.32 Å². The van der Waals surface area contributed by atoms with Crippen LogP contribution in [-0.2, 0) is 14.4 Å². The van der Waals surface area contributed by atoms with Gasteiger partial charge in [0.05, 0.1) is 12.5 Å². The molecule has 1 rings (SSSR count). The highest BCUT2D eigenvalue weighted by Crippen LogP contribution is 2.24. The number of ketones is 1. The molecule has 0 aromatic rings. The van der Waals surface area contributed by atoms with E-state index in [-0.39, 0.29) is 29.3 Å². The lowest BCUT2D eigenvalue weighted by Gasteiger charge is -2.06. The van der Waals surface area contributed by atoms with Crippen molar-refractivity contribution in [3.05, 3.63) is 0 Å². The molecular formula is C8H11NO3S. The number of rotatable bonds is 3. The zero-order valence-corrected chi connectivity index (χ0v) is 8.15. The molecule has 5 heteroatoms. The highest BCUT2D eigenvalue weighted by atomic mass is 32.2. The van der Waals surface area contributed by atoms with Crippen LogP contribution in [0.1, 0.15) is 13.3 Å². The van der Waals surface area contributed by atoms with E-state index in [0.29, 0.717) is 12.2 Å². The Hall–Kier alpha value is -0.840. The van der Waals surface area contributed by atoms with Gasteiger partial charge in [-0.05, 0) is 6.92 Å². The van der Waals surface area contributed by atoms with Crippen molar-refractivity contribution in [2.75, 3.05) is 12.3 Å². The zero-order valence-electron chi connectivity index (χ0n) is 7.33. The Morgan fingerprint density at radius 3 is 2.77 bits per heavy atom. The summed E-state index contributed by atoms with van der Waals surface area (Å²) in [5.74, 6) is 0.0403. The van der Waals surface area contributed by atoms with Crippen molar-refractivity contribution >= 4 is 28.6 Å². The lowest BCUT2D eigenvalue weighted by Crippen LogP contribution is -2.34. The number of carbonyl (C=O) groups excluding carboxylic acids is 3. The second kappa shape index (κ2) is 4.41. The van der Waals surface area contributed by atoms with E-state index in [1.54, 1.807) is 0 Å². The smallest absolute Gasteiger partial charge is 0.224 e. The number of thioether (sulfide) groups is 1. The maximum Gasteiger partial charge on any atom is 0.224 e. The second-order valence-electron chi connectivity index (χ2n) is 3.00. The molecule has 4 nitrogen and oxygen atoms in total. The maximum absolute atomic E-state index is 11.3. The molecule has 0 saturated carbocycles. The number of carbonyl (C=O) groups is 3. The fourth-order valence-electron chi connectivity index (χ4n) is 1.04. The molecule has 0 spiro atoms. The van der Waals surface area contributed by atoms with E-state index in [4.69, 9.17) is 0 Å². The van der Waals surface area contributed by atoms with E-state index >= 15 is 0 Å². The fraction of sp³-hybridized carbons (Fsp3) is 0.625. The third kappa shape index (κ3) is 3.18. The Bertz CT molecular complexity index is 252. The van der Waals surface area contributed by atoms with Gasteiger partial charge in [0, 0.05) is 12.2 Å². The molecule has 0 aromatic heterocycles. The van der Waals surface area contributed by atoms with Crippen LogP contribution in [-0.4, -0.2) is 29.1 Å². The van der Waals surface area contributed by atoms with E-state index in [0.717, 1.165) is 0 Å². The molecule has 0 unspecified atom stereocenters. The van der Waals surface area contributed by atoms with Crippen molar-refractivity contribution in [3.63, 3.8) is 0 Å². The number of nitrogens with one attached hydrogen (secondary N) is 1. The van der Waals surface area contributed by atoms with Crippen molar-refractivity contribution in [3.8, 4) is 0 Å². The van der Waals surface area contributed by atoms with Gasteiger partial charge in [0.1, 0.15) is 5.78 Å². The van der Waals surface area contributed by atoms with Crippen LogP contribution in [0.15, 0.2) is 0 Å². The van der Waals surface area contributed by atoms with Crippen molar-refractivity contribution in [2.24, 2.45) is 5.92 Å². The molecule has 0 aromatic carbocycles. The lowest BCUT2D eigenvalue weighted by molar-refractivity contribution is -0.127. The van der Waals surface area contributed by atoms with Gasteiger partial charge in [-0.1, -0.05) is 11.8 Å². The molecule has 1 atom stereocenters. The van der Waals surface area contributed by atoms with Crippen molar-refractivity contribution in [2.45, 2.75) is 13.3 Å². The SMILES string of the molecule is CC(=O)CNC(=O)[C@H]1CSC(=O)C1. The Balaban J connectivity index is 2.31. The quantitative estimate of drug-likeness (QED) is 0.696. The predicted octanol–water partition coefficient (Wildman–Crippen LogP) is -0.0287. The van der Waals surface area contributed by atoms with E-state index in [1.807, 2.05) is 0 Å². The first kappa shape index (κ1) is 10.2. The third-order valence-corrected chi connectivity index (χ3v) is 2.80. The minimum atomic E-state index is -0.239. The molecule has 1 heterocycles. The molecule has 1 aliphatic heterocycles. The van der Waals surface area contributed by atoms with E-state index in [2.05, 4.69) is 5.32 Å². The van der Waals surface area contributed by atoms with Gasteiger partial charge in [-0.2, -0.15) is 0 Å². The summed E-state index contributed by atoms with van der Waals surface area (Å²) in [4.78, 5) is 32.6. The minimum Gasteiger partial charge on any atom is -0.349 e. The zero-order chi connectivity index (χ0) is 9.84. The largest absolute Gasteiger partial charge is 0.349 e. The van der Waals surface area contributed by atoms with E-state index < -0.39 is 0 Å². The summed E-state index contributed by atoms with van der Waals surface area (Å²) >= 11 is 1.18. The summed E-state index contributed by atoms with van der Waals surface area (Å²) in [7, 11) is 0. The van der Waals surface area contributed by atoms with Gasteiger partial charge in [-0.3, -0.25) is 14.4 Å². The van der Waals surface area contributed by atoms with Crippen molar-refractivity contribution in [1.82, 2.24) is 5.32 Å². The number of hydrogen-bond acceptors (Lipinski definition) is 4. The summed E-state index contributed by atoms with van der Waals surface area (Å²) in [5, 5.41) is 2.55. The van der Waals surface area contributed by atoms with Gasteiger partial charge in [0.15, 0.2) is 5.12 Å². The van der Waals surface area contributed by atoms with Crippen molar-refractivity contribution in [1.29, 1.82) is 0 Å².